The van der Waals surface area contributed by atoms with E-state index in [9.17, 15) is 0 Å². The zero-order valence-corrected chi connectivity index (χ0v) is 12.2. The van der Waals surface area contributed by atoms with E-state index in [1.807, 2.05) is 12.3 Å². The van der Waals surface area contributed by atoms with Gasteiger partial charge in [0, 0.05) is 17.6 Å². The number of benzene rings is 1. The summed E-state index contributed by atoms with van der Waals surface area (Å²) in [5.41, 5.74) is 2.45. The lowest BCUT2D eigenvalue weighted by Gasteiger charge is -2.22. The molecule has 0 fully saturated rings. The summed E-state index contributed by atoms with van der Waals surface area (Å²) in [7, 11) is 0. The molecule has 0 radical (unpaired) electrons. The molecule has 2 atom stereocenters. The summed E-state index contributed by atoms with van der Waals surface area (Å²) >= 11 is 0. The SMILES string of the molecule is CCNC(CC(C)CC)c1ccc2ncccc2c1. The zero-order valence-electron chi connectivity index (χ0n) is 12.2. The maximum Gasteiger partial charge on any atom is 0.0702 e. The minimum Gasteiger partial charge on any atom is -0.310 e. The van der Waals surface area contributed by atoms with E-state index in [-0.39, 0.29) is 0 Å². The molecule has 2 nitrogen and oxygen atoms in total. The molecule has 2 heteroatoms. The van der Waals surface area contributed by atoms with Gasteiger partial charge in [0.15, 0.2) is 0 Å². The normalized spacial score (nSPS) is 14.5. The van der Waals surface area contributed by atoms with Gasteiger partial charge in [-0.05, 0) is 42.6 Å². The Labute approximate surface area is 116 Å². The molecular formula is C17H24N2. The summed E-state index contributed by atoms with van der Waals surface area (Å²) < 4.78 is 0. The molecule has 19 heavy (non-hydrogen) atoms. The minimum atomic E-state index is 0.449. The predicted octanol–water partition coefficient (Wildman–Crippen LogP) is 4.32. The molecule has 1 heterocycles. The quantitative estimate of drug-likeness (QED) is 0.832. The van der Waals surface area contributed by atoms with E-state index in [2.05, 4.69) is 55.3 Å². The fourth-order valence-corrected chi connectivity index (χ4v) is 2.46. The van der Waals surface area contributed by atoms with Crippen molar-refractivity contribution in [3.63, 3.8) is 0 Å². The molecule has 102 valence electrons. The molecule has 0 bridgehead atoms. The third-order valence-electron chi connectivity index (χ3n) is 3.81. The van der Waals surface area contributed by atoms with Crippen molar-refractivity contribution in [3.8, 4) is 0 Å². The Morgan fingerprint density at radius 1 is 1.21 bits per heavy atom. The molecule has 0 spiro atoms. The van der Waals surface area contributed by atoms with Crippen LogP contribution in [-0.4, -0.2) is 11.5 Å². The molecular weight excluding hydrogens is 232 g/mol. The number of fused-ring (bicyclic) bond motifs is 1. The van der Waals surface area contributed by atoms with E-state index in [0.29, 0.717) is 6.04 Å². The van der Waals surface area contributed by atoms with Crippen molar-refractivity contribution in [1.82, 2.24) is 10.3 Å². The summed E-state index contributed by atoms with van der Waals surface area (Å²) in [6, 6.07) is 11.2. The first-order valence-corrected chi connectivity index (χ1v) is 7.32. The molecule has 2 rings (SSSR count). The second-order valence-corrected chi connectivity index (χ2v) is 5.31. The van der Waals surface area contributed by atoms with Gasteiger partial charge in [0.2, 0.25) is 0 Å². The van der Waals surface area contributed by atoms with E-state index >= 15 is 0 Å². The van der Waals surface area contributed by atoms with Gasteiger partial charge in [-0.2, -0.15) is 0 Å². The van der Waals surface area contributed by atoms with E-state index in [1.165, 1.54) is 23.8 Å². The van der Waals surface area contributed by atoms with Crippen LogP contribution < -0.4 is 5.32 Å². The number of pyridine rings is 1. The van der Waals surface area contributed by atoms with Gasteiger partial charge in [0.05, 0.1) is 5.52 Å². The average Bonchev–Trinajstić information content (AvgIpc) is 2.46. The van der Waals surface area contributed by atoms with Gasteiger partial charge in [-0.3, -0.25) is 4.98 Å². The summed E-state index contributed by atoms with van der Waals surface area (Å²) in [5.74, 6) is 0.744. The number of nitrogens with one attached hydrogen (secondary N) is 1. The first-order valence-electron chi connectivity index (χ1n) is 7.32. The zero-order chi connectivity index (χ0) is 13.7. The second-order valence-electron chi connectivity index (χ2n) is 5.31. The monoisotopic (exact) mass is 256 g/mol. The number of rotatable bonds is 6. The topological polar surface area (TPSA) is 24.9 Å². The summed E-state index contributed by atoms with van der Waals surface area (Å²) in [5, 5.41) is 4.84. The van der Waals surface area contributed by atoms with Crippen LogP contribution in [0.4, 0.5) is 0 Å². The molecule has 0 saturated heterocycles. The maximum atomic E-state index is 4.38. The molecule has 0 saturated carbocycles. The van der Waals surface area contributed by atoms with Crippen LogP contribution in [0.3, 0.4) is 0 Å². The van der Waals surface area contributed by atoms with Crippen LogP contribution >= 0.6 is 0 Å². The van der Waals surface area contributed by atoms with Gasteiger partial charge in [0.25, 0.3) is 0 Å². The lowest BCUT2D eigenvalue weighted by molar-refractivity contribution is 0.408. The van der Waals surface area contributed by atoms with Crippen LogP contribution in [0.15, 0.2) is 36.5 Å². The largest absolute Gasteiger partial charge is 0.310 e. The molecule has 1 aromatic carbocycles. The lowest BCUT2D eigenvalue weighted by Crippen LogP contribution is -2.22. The van der Waals surface area contributed by atoms with Crippen molar-refractivity contribution in [3.05, 3.63) is 42.1 Å². The fraction of sp³-hybridized carbons (Fsp3) is 0.471. The van der Waals surface area contributed by atoms with Crippen LogP contribution in [-0.2, 0) is 0 Å². The van der Waals surface area contributed by atoms with Gasteiger partial charge in [0.1, 0.15) is 0 Å². The molecule has 0 amide bonds. The second kappa shape index (κ2) is 6.67. The Bertz CT molecular complexity index is 521. The Morgan fingerprint density at radius 2 is 2.05 bits per heavy atom. The number of hydrogen-bond donors (Lipinski definition) is 1. The van der Waals surface area contributed by atoms with Crippen molar-refractivity contribution < 1.29 is 0 Å². The highest BCUT2D eigenvalue weighted by Crippen LogP contribution is 2.25. The van der Waals surface area contributed by atoms with Crippen molar-refractivity contribution >= 4 is 10.9 Å². The van der Waals surface area contributed by atoms with E-state index in [0.717, 1.165) is 18.0 Å². The van der Waals surface area contributed by atoms with Crippen LogP contribution in [0.2, 0.25) is 0 Å². The molecule has 0 aliphatic heterocycles. The highest BCUT2D eigenvalue weighted by atomic mass is 14.9. The Kier molecular flexibility index (Phi) is 4.92. The number of hydrogen-bond acceptors (Lipinski definition) is 2. The van der Waals surface area contributed by atoms with Crippen molar-refractivity contribution in [1.29, 1.82) is 0 Å². The van der Waals surface area contributed by atoms with Gasteiger partial charge in [-0.1, -0.05) is 39.3 Å². The summed E-state index contributed by atoms with van der Waals surface area (Å²) in [6.07, 6.45) is 4.27. The summed E-state index contributed by atoms with van der Waals surface area (Å²) in [4.78, 5) is 4.38. The van der Waals surface area contributed by atoms with Crippen molar-refractivity contribution in [2.45, 2.75) is 39.7 Å². The van der Waals surface area contributed by atoms with Crippen LogP contribution in [0.25, 0.3) is 10.9 Å². The third kappa shape index (κ3) is 3.54. The molecule has 1 aromatic heterocycles. The summed E-state index contributed by atoms with van der Waals surface area (Å²) in [6.45, 7) is 7.77. The highest BCUT2D eigenvalue weighted by molar-refractivity contribution is 5.79. The Hall–Kier alpha value is -1.41. The van der Waals surface area contributed by atoms with Crippen molar-refractivity contribution in [2.75, 3.05) is 6.54 Å². The van der Waals surface area contributed by atoms with Gasteiger partial charge in [-0.25, -0.2) is 0 Å². The third-order valence-corrected chi connectivity index (χ3v) is 3.81. The van der Waals surface area contributed by atoms with Gasteiger partial charge < -0.3 is 5.32 Å². The smallest absolute Gasteiger partial charge is 0.0702 e. The minimum absolute atomic E-state index is 0.449. The number of nitrogens with zero attached hydrogens (tertiary/aromatic N) is 1. The number of aromatic nitrogens is 1. The van der Waals surface area contributed by atoms with Crippen LogP contribution in [0.5, 0.6) is 0 Å². The molecule has 1 N–H and O–H groups in total. The fourth-order valence-electron chi connectivity index (χ4n) is 2.46. The van der Waals surface area contributed by atoms with Crippen LogP contribution in [0.1, 0.15) is 45.2 Å². The molecule has 0 aliphatic carbocycles. The average molecular weight is 256 g/mol. The first kappa shape index (κ1) is 14.0. The Balaban J connectivity index is 2.27. The molecule has 2 aromatic rings. The van der Waals surface area contributed by atoms with Crippen LogP contribution in [0, 0.1) is 5.92 Å². The first-order chi connectivity index (χ1) is 9.24. The van der Waals surface area contributed by atoms with Gasteiger partial charge in [-0.15, -0.1) is 0 Å². The maximum absolute atomic E-state index is 4.38. The van der Waals surface area contributed by atoms with Crippen molar-refractivity contribution in [2.24, 2.45) is 5.92 Å². The standard InChI is InChI=1S/C17H24N2/c1-4-13(3)11-17(18-5-2)15-8-9-16-14(12-15)7-6-10-19-16/h6-10,12-13,17-18H,4-5,11H2,1-3H3. The van der Waals surface area contributed by atoms with Gasteiger partial charge >= 0.3 is 0 Å². The molecule has 2 unspecified atom stereocenters. The van der Waals surface area contributed by atoms with E-state index in [4.69, 9.17) is 0 Å². The van der Waals surface area contributed by atoms with E-state index < -0.39 is 0 Å². The molecule has 0 aliphatic rings. The Morgan fingerprint density at radius 3 is 2.79 bits per heavy atom. The predicted molar refractivity (Wildman–Crippen MR) is 82.2 cm³/mol. The highest BCUT2D eigenvalue weighted by Gasteiger charge is 2.13. The van der Waals surface area contributed by atoms with E-state index in [1.54, 1.807) is 0 Å². The lowest BCUT2D eigenvalue weighted by atomic mass is 9.93.